The summed E-state index contributed by atoms with van der Waals surface area (Å²) in [4.78, 5) is 23.4. The molecule has 1 N–H and O–H groups in total. The van der Waals surface area contributed by atoms with Crippen molar-refractivity contribution >= 4 is 11.9 Å². The summed E-state index contributed by atoms with van der Waals surface area (Å²) in [6.45, 7) is 4.54. The molecule has 0 fully saturated rings. The Bertz CT molecular complexity index is 757. The Kier molecular flexibility index (Phi) is 40.5. The highest BCUT2D eigenvalue weighted by Crippen LogP contribution is 2.19. The van der Waals surface area contributed by atoms with Gasteiger partial charge < -0.3 is 9.84 Å². The largest absolute Gasteiger partial charge is 0.481 e. The summed E-state index contributed by atoms with van der Waals surface area (Å²) in [6, 6.07) is 0. The van der Waals surface area contributed by atoms with Crippen molar-refractivity contribution in [2.45, 2.75) is 258 Å². The zero-order valence-electron chi connectivity index (χ0n) is 33.7. The predicted octanol–water partition coefficient (Wildman–Crippen LogP) is 15.6. The van der Waals surface area contributed by atoms with Crippen LogP contribution < -0.4 is 0 Å². The van der Waals surface area contributed by atoms with E-state index in [0.717, 1.165) is 70.6 Å². The number of esters is 1. The molecule has 0 spiro atoms. The lowest BCUT2D eigenvalue weighted by Crippen LogP contribution is -2.18. The van der Waals surface area contributed by atoms with Gasteiger partial charge >= 0.3 is 11.9 Å². The van der Waals surface area contributed by atoms with Crippen molar-refractivity contribution in [1.82, 2.24) is 0 Å². The maximum atomic E-state index is 12.7. The molecule has 0 saturated carbocycles. The number of rotatable bonds is 41. The van der Waals surface area contributed by atoms with Gasteiger partial charge in [0.05, 0.1) is 0 Å². The fraction of sp³-hybridized carbons (Fsp3) is 0.870. The number of carbonyl (C=O) groups is 2. The Balaban J connectivity index is 3.83. The lowest BCUT2D eigenvalue weighted by atomic mass is 10.0. The van der Waals surface area contributed by atoms with Gasteiger partial charge in [-0.15, -0.1) is 0 Å². The number of hydrogen-bond donors (Lipinski definition) is 1. The molecule has 0 heterocycles. The highest BCUT2D eigenvalue weighted by molar-refractivity contribution is 5.69. The molecule has 0 aromatic heterocycles. The molecule has 1 unspecified atom stereocenters. The van der Waals surface area contributed by atoms with Crippen molar-refractivity contribution in [1.29, 1.82) is 0 Å². The fourth-order valence-electron chi connectivity index (χ4n) is 6.86. The van der Waals surface area contributed by atoms with Gasteiger partial charge in [0, 0.05) is 12.8 Å². The standard InChI is InChI=1S/C46H86O4/c1-3-5-7-9-11-13-14-15-16-17-18-19-20-21-22-23-24-25-26-28-30-35-39-43-46(49)50-44(41-37-33-31-34-38-42-45(47)48)40-36-32-29-27-12-10-8-6-4-2/h14-15,17-18,44H,3-13,16,19-43H2,1-2H3,(H,47,48)/b15-14-,18-17-. The minimum Gasteiger partial charge on any atom is -0.481 e. The van der Waals surface area contributed by atoms with Gasteiger partial charge in [-0.05, 0) is 70.6 Å². The van der Waals surface area contributed by atoms with Gasteiger partial charge in [-0.1, -0.05) is 192 Å². The van der Waals surface area contributed by atoms with E-state index in [-0.39, 0.29) is 18.5 Å². The second-order valence-corrected chi connectivity index (χ2v) is 15.2. The molecule has 50 heavy (non-hydrogen) atoms. The second kappa shape index (κ2) is 41.8. The minimum absolute atomic E-state index is 0.00297. The number of carbonyl (C=O) groups excluding carboxylic acids is 1. The van der Waals surface area contributed by atoms with Crippen LogP contribution in [0.1, 0.15) is 251 Å². The van der Waals surface area contributed by atoms with Crippen LogP contribution in [0.2, 0.25) is 0 Å². The average Bonchev–Trinajstić information content (AvgIpc) is 3.10. The summed E-state index contributed by atoms with van der Waals surface area (Å²) in [5.41, 5.74) is 0. The molecule has 0 bridgehead atoms. The number of ether oxygens (including phenoxy) is 1. The van der Waals surface area contributed by atoms with Gasteiger partial charge in [0.1, 0.15) is 6.10 Å². The molecule has 294 valence electrons. The summed E-state index contributed by atoms with van der Waals surface area (Å²) >= 11 is 0. The van der Waals surface area contributed by atoms with Crippen LogP contribution in [0.15, 0.2) is 24.3 Å². The Hall–Kier alpha value is -1.58. The Labute approximate surface area is 312 Å². The maximum Gasteiger partial charge on any atom is 0.306 e. The van der Waals surface area contributed by atoms with Gasteiger partial charge in [0.25, 0.3) is 0 Å². The Morgan fingerprint density at radius 3 is 1.18 bits per heavy atom. The Morgan fingerprint density at radius 2 is 0.780 bits per heavy atom. The number of allylic oxidation sites excluding steroid dienone is 4. The smallest absolute Gasteiger partial charge is 0.306 e. The quantitative estimate of drug-likeness (QED) is 0.0391. The zero-order valence-corrected chi connectivity index (χ0v) is 33.7. The highest BCUT2D eigenvalue weighted by Gasteiger charge is 2.14. The molecule has 0 radical (unpaired) electrons. The third-order valence-corrected chi connectivity index (χ3v) is 10.2. The van der Waals surface area contributed by atoms with E-state index in [1.54, 1.807) is 0 Å². The van der Waals surface area contributed by atoms with Crippen LogP contribution in [0.25, 0.3) is 0 Å². The van der Waals surface area contributed by atoms with Crippen LogP contribution in [0.4, 0.5) is 0 Å². The third-order valence-electron chi connectivity index (χ3n) is 10.2. The lowest BCUT2D eigenvalue weighted by Gasteiger charge is -2.18. The van der Waals surface area contributed by atoms with E-state index in [4.69, 9.17) is 9.84 Å². The van der Waals surface area contributed by atoms with Crippen molar-refractivity contribution in [3.63, 3.8) is 0 Å². The van der Waals surface area contributed by atoms with Crippen molar-refractivity contribution in [3.8, 4) is 0 Å². The van der Waals surface area contributed by atoms with Crippen LogP contribution in [0, 0.1) is 0 Å². The summed E-state index contributed by atoms with van der Waals surface area (Å²) in [5.74, 6) is -0.695. The normalized spacial score (nSPS) is 12.4. The molecule has 0 aliphatic heterocycles. The van der Waals surface area contributed by atoms with E-state index in [2.05, 4.69) is 38.2 Å². The minimum atomic E-state index is -0.698. The summed E-state index contributed by atoms with van der Waals surface area (Å²) < 4.78 is 6.01. The van der Waals surface area contributed by atoms with Crippen LogP contribution in [-0.2, 0) is 14.3 Å². The molecular formula is C46H86O4. The summed E-state index contributed by atoms with van der Waals surface area (Å²) in [5, 5.41) is 8.82. The van der Waals surface area contributed by atoms with Crippen LogP contribution in [0.3, 0.4) is 0 Å². The van der Waals surface area contributed by atoms with Gasteiger partial charge in [0.15, 0.2) is 0 Å². The number of hydrogen-bond acceptors (Lipinski definition) is 3. The maximum absolute atomic E-state index is 12.7. The van der Waals surface area contributed by atoms with E-state index in [9.17, 15) is 9.59 Å². The molecule has 0 saturated heterocycles. The van der Waals surface area contributed by atoms with E-state index in [1.807, 2.05) is 0 Å². The van der Waals surface area contributed by atoms with E-state index in [0.29, 0.717) is 6.42 Å². The SMILES string of the molecule is CCCCCCC/C=C\C/C=C\CCCCCCCCCCCCCC(=O)OC(CCCCCCCCCCC)CCCCCCCC(=O)O. The topological polar surface area (TPSA) is 63.6 Å². The summed E-state index contributed by atoms with van der Waals surface area (Å²) in [7, 11) is 0. The average molecular weight is 703 g/mol. The summed E-state index contributed by atoms with van der Waals surface area (Å²) in [6.07, 6.45) is 53.6. The fourth-order valence-corrected chi connectivity index (χ4v) is 6.86. The monoisotopic (exact) mass is 703 g/mol. The first-order valence-electron chi connectivity index (χ1n) is 22.3. The lowest BCUT2D eigenvalue weighted by molar-refractivity contribution is -0.150. The first-order valence-corrected chi connectivity index (χ1v) is 22.3. The molecule has 0 aliphatic rings. The molecular weight excluding hydrogens is 617 g/mol. The van der Waals surface area contributed by atoms with Gasteiger partial charge in [-0.2, -0.15) is 0 Å². The molecule has 0 aromatic carbocycles. The molecule has 0 amide bonds. The predicted molar refractivity (Wildman–Crippen MR) is 218 cm³/mol. The van der Waals surface area contributed by atoms with Gasteiger partial charge in [0.2, 0.25) is 0 Å². The molecule has 4 nitrogen and oxygen atoms in total. The number of unbranched alkanes of at least 4 members (excludes halogenated alkanes) is 28. The molecule has 0 aromatic rings. The first kappa shape index (κ1) is 48.4. The number of aliphatic carboxylic acids is 1. The van der Waals surface area contributed by atoms with Crippen molar-refractivity contribution < 1.29 is 19.4 Å². The number of carboxylic acids is 1. The Morgan fingerprint density at radius 1 is 0.440 bits per heavy atom. The van der Waals surface area contributed by atoms with E-state index < -0.39 is 5.97 Å². The molecule has 0 rings (SSSR count). The van der Waals surface area contributed by atoms with Crippen molar-refractivity contribution in [2.75, 3.05) is 0 Å². The molecule has 1 atom stereocenters. The number of carboxylic acid groups (broad SMARTS) is 1. The zero-order chi connectivity index (χ0) is 36.4. The van der Waals surface area contributed by atoms with Crippen LogP contribution >= 0.6 is 0 Å². The van der Waals surface area contributed by atoms with Gasteiger partial charge in [-0.3, -0.25) is 9.59 Å². The third kappa shape index (κ3) is 40.8. The van der Waals surface area contributed by atoms with Crippen molar-refractivity contribution in [3.05, 3.63) is 24.3 Å². The molecule has 4 heteroatoms. The highest BCUT2D eigenvalue weighted by atomic mass is 16.5. The van der Waals surface area contributed by atoms with Crippen LogP contribution in [-0.4, -0.2) is 23.1 Å². The van der Waals surface area contributed by atoms with Gasteiger partial charge in [-0.25, -0.2) is 0 Å². The van der Waals surface area contributed by atoms with E-state index >= 15 is 0 Å². The van der Waals surface area contributed by atoms with E-state index in [1.165, 1.54) is 154 Å². The van der Waals surface area contributed by atoms with Crippen LogP contribution in [0.5, 0.6) is 0 Å². The second-order valence-electron chi connectivity index (χ2n) is 15.2. The first-order chi connectivity index (χ1) is 24.6. The molecule has 0 aliphatic carbocycles. The van der Waals surface area contributed by atoms with Crippen molar-refractivity contribution in [2.24, 2.45) is 0 Å².